The first-order chi connectivity index (χ1) is 13.0. The number of nitrogens with one attached hydrogen (secondary N) is 1. The molecule has 6 nitrogen and oxygen atoms in total. The van der Waals surface area contributed by atoms with Crippen molar-refractivity contribution >= 4 is 17.3 Å². The van der Waals surface area contributed by atoms with Gasteiger partial charge in [-0.3, -0.25) is 4.79 Å². The van der Waals surface area contributed by atoms with Crippen LogP contribution in [0.2, 0.25) is 0 Å². The monoisotopic (exact) mass is 372 g/mol. The SMILES string of the molecule is C[C@@H]1CN(c2ccc(NC(=O)c3ccc4c(c3)OCO4)cc2F)C[C@@H](C)O1. The molecule has 1 fully saturated rings. The van der Waals surface area contributed by atoms with Gasteiger partial charge in [-0.15, -0.1) is 0 Å². The van der Waals surface area contributed by atoms with Crippen molar-refractivity contribution in [2.24, 2.45) is 0 Å². The molecule has 0 spiro atoms. The second-order valence-corrected chi connectivity index (χ2v) is 6.85. The van der Waals surface area contributed by atoms with Crippen LogP contribution in [-0.4, -0.2) is 38.0 Å². The molecule has 2 aromatic rings. The van der Waals surface area contributed by atoms with E-state index in [0.29, 0.717) is 41.5 Å². The van der Waals surface area contributed by atoms with Crippen LogP contribution < -0.4 is 19.7 Å². The van der Waals surface area contributed by atoms with Gasteiger partial charge in [0.2, 0.25) is 6.79 Å². The second-order valence-electron chi connectivity index (χ2n) is 6.85. The first-order valence-corrected chi connectivity index (χ1v) is 8.90. The van der Waals surface area contributed by atoms with Crippen LogP contribution in [0.3, 0.4) is 0 Å². The molecule has 1 saturated heterocycles. The van der Waals surface area contributed by atoms with E-state index in [9.17, 15) is 9.18 Å². The zero-order chi connectivity index (χ0) is 19.0. The normalized spacial score (nSPS) is 21.2. The predicted molar refractivity (Wildman–Crippen MR) is 99.1 cm³/mol. The van der Waals surface area contributed by atoms with Crippen molar-refractivity contribution in [3.05, 3.63) is 47.8 Å². The summed E-state index contributed by atoms with van der Waals surface area (Å²) in [6, 6.07) is 9.67. The maximum absolute atomic E-state index is 14.7. The summed E-state index contributed by atoms with van der Waals surface area (Å²) in [5, 5.41) is 2.72. The van der Waals surface area contributed by atoms with Gasteiger partial charge in [-0.25, -0.2) is 4.39 Å². The van der Waals surface area contributed by atoms with Crippen molar-refractivity contribution < 1.29 is 23.4 Å². The molecule has 0 bridgehead atoms. The van der Waals surface area contributed by atoms with Gasteiger partial charge in [-0.1, -0.05) is 0 Å². The molecular formula is C20H21FN2O4. The molecule has 2 heterocycles. The molecule has 0 aromatic heterocycles. The summed E-state index contributed by atoms with van der Waals surface area (Å²) in [6.07, 6.45) is 0.0806. The molecule has 0 aliphatic carbocycles. The molecule has 1 amide bonds. The minimum atomic E-state index is -0.375. The lowest BCUT2D eigenvalue weighted by atomic mass is 10.1. The van der Waals surface area contributed by atoms with E-state index in [1.165, 1.54) is 6.07 Å². The molecule has 0 unspecified atom stereocenters. The Bertz CT molecular complexity index is 863. The highest BCUT2D eigenvalue weighted by Crippen LogP contribution is 2.33. The largest absolute Gasteiger partial charge is 0.454 e. The van der Waals surface area contributed by atoms with Crippen molar-refractivity contribution in [3.63, 3.8) is 0 Å². The highest BCUT2D eigenvalue weighted by Gasteiger charge is 2.24. The smallest absolute Gasteiger partial charge is 0.255 e. The van der Waals surface area contributed by atoms with Crippen molar-refractivity contribution in [3.8, 4) is 11.5 Å². The summed E-state index contributed by atoms with van der Waals surface area (Å²) < 4.78 is 30.9. The Labute approximate surface area is 156 Å². The zero-order valence-corrected chi connectivity index (χ0v) is 15.2. The number of amides is 1. The van der Waals surface area contributed by atoms with Crippen LogP contribution in [0, 0.1) is 5.82 Å². The number of nitrogens with zero attached hydrogens (tertiary/aromatic N) is 1. The maximum atomic E-state index is 14.7. The van der Waals surface area contributed by atoms with E-state index in [4.69, 9.17) is 14.2 Å². The number of carbonyl (C=O) groups is 1. The highest BCUT2D eigenvalue weighted by atomic mass is 19.1. The lowest BCUT2D eigenvalue weighted by Gasteiger charge is -2.37. The maximum Gasteiger partial charge on any atom is 0.255 e. The number of ether oxygens (including phenoxy) is 3. The molecule has 0 saturated carbocycles. The number of rotatable bonds is 3. The molecule has 142 valence electrons. The van der Waals surface area contributed by atoms with E-state index in [1.54, 1.807) is 30.3 Å². The minimum absolute atomic E-state index is 0.0403. The van der Waals surface area contributed by atoms with Gasteiger partial charge in [-0.2, -0.15) is 0 Å². The van der Waals surface area contributed by atoms with Gasteiger partial charge in [0, 0.05) is 24.3 Å². The first-order valence-electron chi connectivity index (χ1n) is 8.90. The summed E-state index contributed by atoms with van der Waals surface area (Å²) >= 11 is 0. The van der Waals surface area contributed by atoms with E-state index >= 15 is 0 Å². The lowest BCUT2D eigenvalue weighted by Crippen LogP contribution is -2.45. The van der Waals surface area contributed by atoms with Gasteiger partial charge in [0.1, 0.15) is 5.82 Å². The van der Waals surface area contributed by atoms with Crippen LogP contribution in [0.15, 0.2) is 36.4 Å². The summed E-state index contributed by atoms with van der Waals surface area (Å²) in [7, 11) is 0. The van der Waals surface area contributed by atoms with Gasteiger partial charge >= 0.3 is 0 Å². The molecule has 1 N–H and O–H groups in total. The van der Waals surface area contributed by atoms with E-state index in [0.717, 1.165) is 0 Å². The fourth-order valence-corrected chi connectivity index (χ4v) is 3.46. The van der Waals surface area contributed by atoms with E-state index in [2.05, 4.69) is 5.32 Å². The predicted octanol–water partition coefficient (Wildman–Crippen LogP) is 3.42. The third kappa shape index (κ3) is 3.68. The van der Waals surface area contributed by atoms with Crippen LogP contribution in [0.5, 0.6) is 11.5 Å². The Morgan fingerprint density at radius 1 is 1.07 bits per heavy atom. The number of hydrogen-bond donors (Lipinski definition) is 1. The van der Waals surface area contributed by atoms with Crippen LogP contribution in [0.4, 0.5) is 15.8 Å². The van der Waals surface area contributed by atoms with Crippen molar-refractivity contribution in [2.45, 2.75) is 26.1 Å². The molecule has 4 rings (SSSR count). The van der Waals surface area contributed by atoms with Crippen molar-refractivity contribution in [1.82, 2.24) is 0 Å². The number of halogens is 1. The second kappa shape index (κ2) is 7.08. The molecule has 27 heavy (non-hydrogen) atoms. The lowest BCUT2D eigenvalue weighted by molar-refractivity contribution is -0.00539. The van der Waals surface area contributed by atoms with Gasteiger partial charge in [-0.05, 0) is 50.2 Å². The van der Waals surface area contributed by atoms with Gasteiger partial charge in [0.05, 0.1) is 17.9 Å². The molecule has 7 heteroatoms. The van der Waals surface area contributed by atoms with E-state index in [1.807, 2.05) is 18.7 Å². The quantitative estimate of drug-likeness (QED) is 0.895. The average molecular weight is 372 g/mol. The number of carbonyl (C=O) groups excluding carboxylic acids is 1. The molecule has 2 atom stereocenters. The summed E-state index contributed by atoms with van der Waals surface area (Å²) in [5.74, 6) is 0.421. The highest BCUT2D eigenvalue weighted by molar-refractivity contribution is 6.04. The summed E-state index contributed by atoms with van der Waals surface area (Å²) in [5.41, 5.74) is 1.32. The van der Waals surface area contributed by atoms with Crippen molar-refractivity contribution in [2.75, 3.05) is 30.1 Å². The number of benzene rings is 2. The third-order valence-corrected chi connectivity index (χ3v) is 4.60. The Morgan fingerprint density at radius 3 is 2.56 bits per heavy atom. The first kappa shape index (κ1) is 17.6. The number of morpholine rings is 1. The fraction of sp³-hybridized carbons (Fsp3) is 0.350. The van der Waals surface area contributed by atoms with Crippen LogP contribution in [0.1, 0.15) is 24.2 Å². The third-order valence-electron chi connectivity index (χ3n) is 4.60. The topological polar surface area (TPSA) is 60.0 Å². The molecule has 2 aromatic carbocycles. The Balaban J connectivity index is 1.48. The van der Waals surface area contributed by atoms with Crippen LogP contribution in [-0.2, 0) is 4.74 Å². The number of hydrogen-bond acceptors (Lipinski definition) is 5. The van der Waals surface area contributed by atoms with Crippen molar-refractivity contribution in [1.29, 1.82) is 0 Å². The van der Waals surface area contributed by atoms with Gasteiger partial charge < -0.3 is 24.4 Å². The van der Waals surface area contributed by atoms with Gasteiger partial charge in [0.25, 0.3) is 5.91 Å². The van der Waals surface area contributed by atoms with E-state index in [-0.39, 0.29) is 30.7 Å². The molecule has 2 aliphatic rings. The number of anilines is 2. The Kier molecular flexibility index (Phi) is 4.61. The summed E-state index contributed by atoms with van der Waals surface area (Å²) in [6.45, 7) is 5.35. The minimum Gasteiger partial charge on any atom is -0.454 e. The van der Waals surface area contributed by atoms with E-state index < -0.39 is 0 Å². The fourth-order valence-electron chi connectivity index (χ4n) is 3.46. The number of fused-ring (bicyclic) bond motifs is 1. The van der Waals surface area contributed by atoms with Gasteiger partial charge in [0.15, 0.2) is 11.5 Å². The standard InChI is InChI=1S/C20H21FN2O4/c1-12-9-23(10-13(2)27-12)17-5-4-15(8-16(17)21)22-20(24)14-3-6-18-19(7-14)26-11-25-18/h3-8,12-13H,9-11H2,1-2H3,(H,22,24)/t12-,13-/m1/s1. The van der Waals surface area contributed by atoms with Crippen LogP contribution >= 0.6 is 0 Å². The zero-order valence-electron chi connectivity index (χ0n) is 15.2. The van der Waals surface area contributed by atoms with Crippen LogP contribution in [0.25, 0.3) is 0 Å². The average Bonchev–Trinajstić information content (AvgIpc) is 3.08. The molecule has 0 radical (unpaired) electrons. The Morgan fingerprint density at radius 2 is 1.81 bits per heavy atom. The molecular weight excluding hydrogens is 351 g/mol. The Hall–Kier alpha value is -2.80. The summed E-state index contributed by atoms with van der Waals surface area (Å²) in [4.78, 5) is 14.4. The molecule has 2 aliphatic heterocycles.